The number of likely N-dealkylation sites (tertiary alicyclic amines) is 1. The van der Waals surface area contributed by atoms with Crippen molar-refractivity contribution in [1.29, 1.82) is 0 Å². The minimum absolute atomic E-state index is 0.00862. The molecule has 2 N–H and O–H groups in total. The number of amides is 1. The van der Waals surface area contributed by atoms with Gasteiger partial charge in [0.15, 0.2) is 0 Å². The molecule has 0 bridgehead atoms. The number of ether oxygens (including phenoxy) is 1. The zero-order valence-corrected chi connectivity index (χ0v) is 18.6. The average Bonchev–Trinajstić information content (AvgIpc) is 3.54. The number of fused-ring (bicyclic) bond motifs is 4. The van der Waals surface area contributed by atoms with E-state index >= 15 is 0 Å². The Morgan fingerprint density at radius 1 is 1.16 bits per heavy atom. The molecule has 0 radical (unpaired) electrons. The summed E-state index contributed by atoms with van der Waals surface area (Å²) >= 11 is 0. The van der Waals surface area contributed by atoms with Crippen molar-refractivity contribution >= 4 is 11.6 Å². The summed E-state index contributed by atoms with van der Waals surface area (Å²) in [7, 11) is 0. The number of hydrogen-bond acceptors (Lipinski definition) is 4. The van der Waals surface area contributed by atoms with Gasteiger partial charge in [0, 0.05) is 31.4 Å². The summed E-state index contributed by atoms with van der Waals surface area (Å²) in [5.74, 6) is 0.332. The quantitative estimate of drug-likeness (QED) is 0.642. The lowest BCUT2D eigenvalue weighted by Crippen LogP contribution is -2.48. The molecular weight excluding hydrogens is 402 g/mol. The monoisotopic (exact) mass is 431 g/mol. The fraction of sp³-hybridized carbons (Fsp3) is 0.440. The van der Waals surface area contributed by atoms with Crippen LogP contribution in [0.2, 0.25) is 0 Å². The molecule has 6 rings (SSSR count). The summed E-state index contributed by atoms with van der Waals surface area (Å²) in [6, 6.07) is 14.6. The second-order valence-electron chi connectivity index (χ2n) is 9.79. The Kier molecular flexibility index (Phi) is 4.27. The Bertz CT molecular complexity index is 1170. The molecule has 32 heavy (non-hydrogen) atoms. The van der Waals surface area contributed by atoms with Gasteiger partial charge in [0.25, 0.3) is 5.91 Å². The predicted octanol–water partition coefficient (Wildman–Crippen LogP) is 4.04. The van der Waals surface area contributed by atoms with E-state index in [-0.39, 0.29) is 17.0 Å². The number of aromatic amines is 1. The summed E-state index contributed by atoms with van der Waals surface area (Å²) in [6.45, 7) is 6.20. The Labute approximate surface area is 187 Å². The van der Waals surface area contributed by atoms with Crippen LogP contribution >= 0.6 is 0 Å². The molecule has 2 saturated heterocycles. The van der Waals surface area contributed by atoms with Crippen LogP contribution in [-0.4, -0.2) is 50.9 Å². The minimum Gasteiger partial charge on any atom is -0.372 e. The highest BCUT2D eigenvalue weighted by atomic mass is 16.5. The van der Waals surface area contributed by atoms with Crippen LogP contribution in [0.5, 0.6) is 0 Å². The second kappa shape index (κ2) is 6.97. The van der Waals surface area contributed by atoms with Gasteiger partial charge in [0.05, 0.1) is 29.3 Å². The van der Waals surface area contributed by atoms with Crippen molar-refractivity contribution in [1.82, 2.24) is 19.7 Å². The summed E-state index contributed by atoms with van der Waals surface area (Å²) in [5.41, 5.74) is 4.64. The van der Waals surface area contributed by atoms with Crippen molar-refractivity contribution in [2.24, 2.45) is 0 Å². The number of carbonyl (C=O) groups is 1. The molecule has 1 atom stereocenters. The first-order valence-corrected chi connectivity index (χ1v) is 11.5. The molecule has 3 aliphatic rings. The lowest BCUT2D eigenvalue weighted by atomic mass is 9.79. The van der Waals surface area contributed by atoms with Crippen molar-refractivity contribution in [2.45, 2.75) is 50.2 Å². The van der Waals surface area contributed by atoms with E-state index in [1.807, 2.05) is 11.0 Å². The van der Waals surface area contributed by atoms with Crippen LogP contribution in [0.3, 0.4) is 0 Å². The molecule has 1 aromatic carbocycles. The normalized spacial score (nSPS) is 23.4. The van der Waals surface area contributed by atoms with Crippen LogP contribution in [0, 0.1) is 0 Å². The largest absolute Gasteiger partial charge is 0.372 e. The Morgan fingerprint density at radius 2 is 1.97 bits per heavy atom. The molecule has 3 aliphatic heterocycles. The van der Waals surface area contributed by atoms with Gasteiger partial charge in [-0.2, -0.15) is 5.10 Å². The molecule has 2 spiro atoms. The third kappa shape index (κ3) is 2.91. The summed E-state index contributed by atoms with van der Waals surface area (Å²) in [5, 5.41) is 11.1. The smallest absolute Gasteiger partial charge is 0.274 e. The van der Waals surface area contributed by atoms with Crippen molar-refractivity contribution in [2.75, 3.05) is 25.0 Å². The van der Waals surface area contributed by atoms with Crippen molar-refractivity contribution in [3.63, 3.8) is 0 Å². The molecule has 0 aliphatic carbocycles. The molecule has 166 valence electrons. The summed E-state index contributed by atoms with van der Waals surface area (Å²) in [4.78, 5) is 14.9. The van der Waals surface area contributed by atoms with E-state index in [4.69, 9.17) is 4.74 Å². The van der Waals surface area contributed by atoms with E-state index in [1.165, 1.54) is 11.4 Å². The number of H-pyrrole nitrogens is 1. The number of carbonyl (C=O) groups excluding carboxylic acids is 1. The van der Waals surface area contributed by atoms with Gasteiger partial charge in [-0.05, 0) is 49.1 Å². The van der Waals surface area contributed by atoms with Crippen LogP contribution < -0.4 is 5.32 Å². The van der Waals surface area contributed by atoms with Crippen molar-refractivity contribution in [3.8, 4) is 5.69 Å². The molecule has 5 heterocycles. The fourth-order valence-corrected chi connectivity index (χ4v) is 5.61. The number of piperidine rings is 1. The van der Waals surface area contributed by atoms with E-state index < -0.39 is 0 Å². The molecule has 1 amide bonds. The zero-order chi connectivity index (χ0) is 21.9. The summed E-state index contributed by atoms with van der Waals surface area (Å²) < 4.78 is 8.84. The number of nitrogens with one attached hydrogen (secondary N) is 2. The molecule has 2 fully saturated rings. The Hall–Kier alpha value is -3.06. The average molecular weight is 432 g/mol. The van der Waals surface area contributed by atoms with Gasteiger partial charge in [0.1, 0.15) is 11.2 Å². The van der Waals surface area contributed by atoms with Gasteiger partial charge in [-0.3, -0.25) is 9.89 Å². The van der Waals surface area contributed by atoms with Crippen LogP contribution in [0.15, 0.2) is 48.7 Å². The van der Waals surface area contributed by atoms with Crippen LogP contribution in [-0.2, 0) is 10.3 Å². The highest BCUT2D eigenvalue weighted by Crippen LogP contribution is 2.50. The lowest BCUT2D eigenvalue weighted by Gasteiger charge is -2.41. The first-order chi connectivity index (χ1) is 15.5. The van der Waals surface area contributed by atoms with E-state index in [2.05, 4.69) is 76.5 Å². The van der Waals surface area contributed by atoms with Gasteiger partial charge in [-0.25, -0.2) is 0 Å². The molecular formula is C25H29N5O2. The standard InChI is InChI=1S/C25H29N5O2/c1-17(2)19-14-20(28-27-19)23(31)29-12-9-24(10-13-29)15-25(16-32-24)22-8-5-11-30(22)21-7-4-3-6-18(21)26-25/h3-8,11,14,17,26H,9-10,12-13,15-16H2,1-2H3,(H,27,28)/t25-/m1/s1. The molecule has 3 aromatic rings. The fourth-order valence-electron chi connectivity index (χ4n) is 5.61. The van der Waals surface area contributed by atoms with Gasteiger partial charge >= 0.3 is 0 Å². The first kappa shape index (κ1) is 19.6. The zero-order valence-electron chi connectivity index (χ0n) is 18.6. The number of anilines is 1. The van der Waals surface area contributed by atoms with Crippen LogP contribution in [0.4, 0.5) is 5.69 Å². The van der Waals surface area contributed by atoms with Gasteiger partial charge in [-0.15, -0.1) is 0 Å². The molecule has 2 aromatic heterocycles. The third-order valence-electron chi connectivity index (χ3n) is 7.43. The SMILES string of the molecule is CC(C)c1cc(C(=O)N2CCC3(CC2)C[C@]2(CO3)Nc3ccccc3-n3cccc32)n[nH]1. The second-order valence-corrected chi connectivity index (χ2v) is 9.79. The van der Waals surface area contributed by atoms with Crippen LogP contribution in [0.25, 0.3) is 5.69 Å². The highest BCUT2D eigenvalue weighted by Gasteiger charge is 2.54. The minimum atomic E-state index is -0.238. The molecule has 7 nitrogen and oxygen atoms in total. The first-order valence-electron chi connectivity index (χ1n) is 11.5. The van der Waals surface area contributed by atoms with E-state index in [0.717, 1.165) is 30.6 Å². The maximum Gasteiger partial charge on any atom is 0.274 e. The third-order valence-corrected chi connectivity index (χ3v) is 7.43. The van der Waals surface area contributed by atoms with E-state index in [0.29, 0.717) is 31.3 Å². The number of aromatic nitrogens is 3. The number of para-hydroxylation sites is 2. The molecule has 0 saturated carbocycles. The highest BCUT2D eigenvalue weighted by molar-refractivity contribution is 5.92. The van der Waals surface area contributed by atoms with E-state index in [9.17, 15) is 4.79 Å². The Balaban J connectivity index is 1.20. The van der Waals surface area contributed by atoms with Gasteiger partial charge in [0.2, 0.25) is 0 Å². The van der Waals surface area contributed by atoms with Crippen molar-refractivity contribution in [3.05, 3.63) is 65.7 Å². The van der Waals surface area contributed by atoms with Gasteiger partial charge < -0.3 is 19.5 Å². The van der Waals surface area contributed by atoms with Crippen molar-refractivity contribution < 1.29 is 9.53 Å². The van der Waals surface area contributed by atoms with Crippen LogP contribution in [0.1, 0.15) is 60.9 Å². The lowest BCUT2D eigenvalue weighted by molar-refractivity contribution is -0.0393. The number of nitrogens with zero attached hydrogens (tertiary/aromatic N) is 3. The number of benzene rings is 1. The molecule has 0 unspecified atom stereocenters. The number of hydrogen-bond donors (Lipinski definition) is 2. The van der Waals surface area contributed by atoms with E-state index in [1.54, 1.807) is 0 Å². The predicted molar refractivity (Wildman–Crippen MR) is 122 cm³/mol. The number of rotatable bonds is 2. The Morgan fingerprint density at radius 3 is 2.75 bits per heavy atom. The van der Waals surface area contributed by atoms with Gasteiger partial charge in [-0.1, -0.05) is 26.0 Å². The molecule has 7 heteroatoms. The maximum atomic E-state index is 13.0. The topological polar surface area (TPSA) is 75.2 Å². The maximum absolute atomic E-state index is 13.0. The summed E-state index contributed by atoms with van der Waals surface area (Å²) in [6.07, 6.45) is 4.72.